The SMILES string of the molecule is COCCOc1cc2ncnc(Nc3ccc(N(C)c4ccccc4)cc3C3=CC(=O)C=CC3=O)c2cc1OC. The first-order valence-electron chi connectivity index (χ1n) is 12.6. The van der Waals surface area contributed by atoms with E-state index in [4.69, 9.17) is 14.2 Å². The summed E-state index contributed by atoms with van der Waals surface area (Å²) in [5, 5.41) is 4.05. The number of nitrogens with zero attached hydrogens (tertiary/aromatic N) is 3. The highest BCUT2D eigenvalue weighted by Gasteiger charge is 2.21. The minimum atomic E-state index is -0.255. The smallest absolute Gasteiger partial charge is 0.186 e. The van der Waals surface area contributed by atoms with Crippen LogP contribution in [0.2, 0.25) is 0 Å². The Bertz CT molecular complexity index is 1630. The zero-order valence-electron chi connectivity index (χ0n) is 22.4. The van der Waals surface area contributed by atoms with Gasteiger partial charge in [-0.15, -0.1) is 0 Å². The van der Waals surface area contributed by atoms with Gasteiger partial charge in [-0.3, -0.25) is 9.59 Å². The number of hydrogen-bond acceptors (Lipinski definition) is 9. The summed E-state index contributed by atoms with van der Waals surface area (Å²) in [4.78, 5) is 36.1. The molecule has 0 amide bonds. The molecule has 202 valence electrons. The second-order valence-corrected chi connectivity index (χ2v) is 8.99. The molecule has 0 bridgehead atoms. The van der Waals surface area contributed by atoms with Crippen molar-refractivity contribution in [2.24, 2.45) is 0 Å². The number of ether oxygens (including phenoxy) is 3. The Hall–Kier alpha value is -5.02. The Labute approximate surface area is 231 Å². The zero-order chi connectivity index (χ0) is 28.1. The Morgan fingerprint density at radius 3 is 2.48 bits per heavy atom. The minimum Gasteiger partial charge on any atom is -0.493 e. The molecule has 0 saturated heterocycles. The first-order chi connectivity index (χ1) is 19.5. The molecule has 1 heterocycles. The fourth-order valence-corrected chi connectivity index (χ4v) is 4.39. The lowest BCUT2D eigenvalue weighted by atomic mass is 9.94. The third-order valence-corrected chi connectivity index (χ3v) is 6.49. The van der Waals surface area contributed by atoms with Crippen LogP contribution in [0.5, 0.6) is 11.5 Å². The van der Waals surface area contributed by atoms with E-state index in [0.717, 1.165) is 11.4 Å². The first kappa shape index (κ1) is 26.6. The molecule has 0 unspecified atom stereocenters. The van der Waals surface area contributed by atoms with Gasteiger partial charge in [0.05, 0.1) is 19.2 Å². The molecular weight excluding hydrogens is 508 g/mol. The number of anilines is 4. The molecule has 9 nitrogen and oxygen atoms in total. The summed E-state index contributed by atoms with van der Waals surface area (Å²) in [6.45, 7) is 0.792. The van der Waals surface area contributed by atoms with Crippen molar-refractivity contribution in [2.45, 2.75) is 0 Å². The summed E-state index contributed by atoms with van der Waals surface area (Å²) in [6, 6.07) is 19.1. The van der Waals surface area contributed by atoms with Gasteiger partial charge >= 0.3 is 0 Å². The number of carbonyl (C=O) groups is 2. The van der Waals surface area contributed by atoms with Crippen LogP contribution in [0.1, 0.15) is 5.56 Å². The third kappa shape index (κ3) is 5.55. The van der Waals surface area contributed by atoms with E-state index in [1.807, 2.05) is 60.5 Å². The molecule has 0 aliphatic heterocycles. The van der Waals surface area contributed by atoms with Gasteiger partial charge in [0.15, 0.2) is 23.1 Å². The van der Waals surface area contributed by atoms with Gasteiger partial charge in [-0.2, -0.15) is 0 Å². The third-order valence-electron chi connectivity index (χ3n) is 6.49. The zero-order valence-corrected chi connectivity index (χ0v) is 22.4. The standard InChI is InChI=1S/C31H28N4O5/c1-35(20-7-5-4-6-8-20)21-9-11-26(23(15-21)24-16-22(36)10-12-28(24)37)34-31-25-17-29(39-3)30(40-14-13-38-2)18-27(25)32-19-33-31/h4-12,15-19H,13-14H2,1-3H3,(H,32,33,34). The van der Waals surface area contributed by atoms with Gasteiger partial charge in [0.25, 0.3) is 0 Å². The lowest BCUT2D eigenvalue weighted by molar-refractivity contribution is -0.113. The fourth-order valence-electron chi connectivity index (χ4n) is 4.39. The molecule has 40 heavy (non-hydrogen) atoms. The number of fused-ring (bicyclic) bond motifs is 1. The monoisotopic (exact) mass is 536 g/mol. The Kier molecular flexibility index (Phi) is 7.84. The first-order valence-corrected chi connectivity index (χ1v) is 12.6. The van der Waals surface area contributed by atoms with Crippen LogP contribution in [-0.2, 0) is 14.3 Å². The second-order valence-electron chi connectivity index (χ2n) is 8.99. The summed E-state index contributed by atoms with van der Waals surface area (Å²) in [5.41, 5.74) is 3.93. The average Bonchev–Trinajstić information content (AvgIpc) is 2.98. The number of ketones is 2. The van der Waals surface area contributed by atoms with E-state index >= 15 is 0 Å². The Morgan fingerprint density at radius 2 is 1.70 bits per heavy atom. The molecule has 1 aromatic heterocycles. The summed E-state index contributed by atoms with van der Waals surface area (Å²) >= 11 is 0. The molecule has 1 aliphatic carbocycles. The molecule has 1 N–H and O–H groups in total. The van der Waals surface area contributed by atoms with Crippen molar-refractivity contribution in [3.05, 3.63) is 90.8 Å². The van der Waals surface area contributed by atoms with E-state index in [0.29, 0.717) is 58.3 Å². The molecule has 5 rings (SSSR count). The maximum absolute atomic E-state index is 12.9. The molecule has 4 aromatic rings. The minimum absolute atomic E-state index is 0.249. The lowest BCUT2D eigenvalue weighted by Gasteiger charge is -2.23. The molecule has 0 atom stereocenters. The van der Waals surface area contributed by atoms with Crippen LogP contribution in [0.25, 0.3) is 16.5 Å². The molecule has 0 radical (unpaired) electrons. The van der Waals surface area contributed by atoms with Crippen LogP contribution in [0.3, 0.4) is 0 Å². The number of carbonyl (C=O) groups excluding carboxylic acids is 2. The number of benzene rings is 3. The van der Waals surface area contributed by atoms with E-state index in [1.165, 1.54) is 24.6 Å². The molecule has 3 aromatic carbocycles. The predicted molar refractivity (Wildman–Crippen MR) is 155 cm³/mol. The van der Waals surface area contributed by atoms with Crippen LogP contribution in [0.4, 0.5) is 22.9 Å². The lowest BCUT2D eigenvalue weighted by Crippen LogP contribution is -2.12. The van der Waals surface area contributed by atoms with Gasteiger partial charge in [-0.1, -0.05) is 18.2 Å². The van der Waals surface area contributed by atoms with E-state index in [-0.39, 0.29) is 11.6 Å². The van der Waals surface area contributed by atoms with E-state index < -0.39 is 0 Å². The summed E-state index contributed by atoms with van der Waals surface area (Å²) < 4.78 is 16.4. The maximum atomic E-state index is 12.9. The highest BCUT2D eigenvalue weighted by atomic mass is 16.5. The number of para-hydroxylation sites is 1. The molecule has 9 heteroatoms. The Morgan fingerprint density at radius 1 is 0.875 bits per heavy atom. The summed E-state index contributed by atoms with van der Waals surface area (Å²) in [7, 11) is 5.11. The average molecular weight is 537 g/mol. The number of allylic oxidation sites excluding steroid dienone is 4. The van der Waals surface area contributed by atoms with Crippen LogP contribution >= 0.6 is 0 Å². The van der Waals surface area contributed by atoms with Crippen molar-refractivity contribution < 1.29 is 23.8 Å². The summed E-state index contributed by atoms with van der Waals surface area (Å²) in [5.74, 6) is 1.05. The molecule has 1 aliphatic rings. The quantitative estimate of drug-likeness (QED) is 0.215. The topological polar surface area (TPSA) is 103 Å². The maximum Gasteiger partial charge on any atom is 0.186 e. The van der Waals surface area contributed by atoms with Gasteiger partial charge in [-0.25, -0.2) is 9.97 Å². The van der Waals surface area contributed by atoms with Crippen LogP contribution in [0.15, 0.2) is 85.2 Å². The normalized spacial score (nSPS) is 12.8. The van der Waals surface area contributed by atoms with Crippen LogP contribution in [-0.4, -0.2) is 56.0 Å². The van der Waals surface area contributed by atoms with Crippen molar-refractivity contribution >= 4 is 50.9 Å². The largest absolute Gasteiger partial charge is 0.493 e. The fraction of sp³-hybridized carbons (Fsp3) is 0.161. The molecular formula is C31H28N4O5. The van der Waals surface area contributed by atoms with Gasteiger partial charge in [-0.05, 0) is 54.6 Å². The van der Waals surface area contributed by atoms with Gasteiger partial charge < -0.3 is 24.4 Å². The van der Waals surface area contributed by atoms with E-state index in [1.54, 1.807) is 26.4 Å². The molecule has 0 spiro atoms. The number of rotatable bonds is 10. The van der Waals surface area contributed by atoms with Crippen molar-refractivity contribution in [3.8, 4) is 11.5 Å². The summed E-state index contributed by atoms with van der Waals surface area (Å²) in [6.07, 6.45) is 5.38. The van der Waals surface area contributed by atoms with Crippen molar-refractivity contribution in [2.75, 3.05) is 44.7 Å². The predicted octanol–water partition coefficient (Wildman–Crippen LogP) is 5.27. The van der Waals surface area contributed by atoms with E-state index in [2.05, 4.69) is 15.3 Å². The van der Waals surface area contributed by atoms with Crippen molar-refractivity contribution in [1.82, 2.24) is 9.97 Å². The highest BCUT2D eigenvalue weighted by molar-refractivity contribution is 6.34. The van der Waals surface area contributed by atoms with E-state index in [9.17, 15) is 9.59 Å². The Balaban J connectivity index is 1.58. The van der Waals surface area contributed by atoms with Crippen molar-refractivity contribution in [3.63, 3.8) is 0 Å². The highest BCUT2D eigenvalue weighted by Crippen LogP contribution is 2.38. The molecule has 0 fully saturated rings. The second kappa shape index (κ2) is 11.8. The van der Waals surface area contributed by atoms with Gasteiger partial charge in [0.1, 0.15) is 18.8 Å². The number of hydrogen-bond donors (Lipinski definition) is 1. The van der Waals surface area contributed by atoms with Gasteiger partial charge in [0, 0.05) is 53.8 Å². The van der Waals surface area contributed by atoms with Crippen LogP contribution < -0.4 is 19.7 Å². The molecule has 0 saturated carbocycles. The number of nitrogens with one attached hydrogen (secondary N) is 1. The van der Waals surface area contributed by atoms with Crippen molar-refractivity contribution in [1.29, 1.82) is 0 Å². The number of aromatic nitrogens is 2. The number of methoxy groups -OCH3 is 2. The van der Waals surface area contributed by atoms with Crippen LogP contribution in [0, 0.1) is 0 Å². The van der Waals surface area contributed by atoms with Gasteiger partial charge in [0.2, 0.25) is 0 Å².